The first-order chi connectivity index (χ1) is 13.9. The van der Waals surface area contributed by atoms with Gasteiger partial charge < -0.3 is 14.4 Å². The maximum atomic E-state index is 9.71. The summed E-state index contributed by atoms with van der Waals surface area (Å²) in [6.07, 6.45) is 1.76. The van der Waals surface area contributed by atoms with E-state index < -0.39 is 0 Å². The van der Waals surface area contributed by atoms with Gasteiger partial charge in [-0.15, -0.1) is 0 Å². The average Bonchev–Trinajstić information content (AvgIpc) is 3.12. The molecule has 7 heteroatoms. The van der Waals surface area contributed by atoms with Crippen molar-refractivity contribution in [3.8, 4) is 33.9 Å². The highest BCUT2D eigenvalue weighted by Gasteiger charge is 2.18. The van der Waals surface area contributed by atoms with Gasteiger partial charge in [0.2, 0.25) is 5.06 Å². The molecule has 0 radical (unpaired) electrons. The van der Waals surface area contributed by atoms with Crippen LogP contribution in [0.15, 0.2) is 41.4 Å². The van der Waals surface area contributed by atoms with Gasteiger partial charge >= 0.3 is 0 Å². The summed E-state index contributed by atoms with van der Waals surface area (Å²) in [5, 5.41) is 10.2. The summed E-state index contributed by atoms with van der Waals surface area (Å²) in [6.45, 7) is 3.94. The number of aliphatic imine (C=N–C) groups is 1. The van der Waals surface area contributed by atoms with Gasteiger partial charge in [0.25, 0.3) is 0 Å². The van der Waals surface area contributed by atoms with Crippen LogP contribution >= 0.6 is 11.5 Å². The molecular weight excluding hydrogens is 384 g/mol. The summed E-state index contributed by atoms with van der Waals surface area (Å²) in [6, 6.07) is 13.6. The third kappa shape index (κ3) is 4.55. The number of ether oxygens (including phenoxy) is 2. The van der Waals surface area contributed by atoms with Gasteiger partial charge in [-0.2, -0.15) is 9.64 Å². The van der Waals surface area contributed by atoms with Crippen molar-refractivity contribution in [2.24, 2.45) is 4.99 Å². The zero-order chi connectivity index (χ0) is 21.0. The van der Waals surface area contributed by atoms with E-state index in [4.69, 9.17) is 9.47 Å². The number of hydrogen-bond acceptors (Lipinski definition) is 6. The van der Waals surface area contributed by atoms with Crippen LogP contribution in [0.5, 0.6) is 16.6 Å². The molecule has 0 aliphatic carbocycles. The summed E-state index contributed by atoms with van der Waals surface area (Å²) in [4.78, 5) is 6.36. The summed E-state index contributed by atoms with van der Waals surface area (Å²) in [5.74, 6) is 1.44. The zero-order valence-electron chi connectivity index (χ0n) is 17.1. The number of aromatic nitrogens is 1. The Morgan fingerprint density at radius 3 is 2.48 bits per heavy atom. The molecule has 0 spiro atoms. The van der Waals surface area contributed by atoms with Gasteiger partial charge in [0.15, 0.2) is 0 Å². The van der Waals surface area contributed by atoms with Gasteiger partial charge in [-0.25, -0.2) is 4.99 Å². The molecule has 0 aliphatic rings. The fourth-order valence-corrected chi connectivity index (χ4v) is 3.42. The van der Waals surface area contributed by atoms with Crippen LogP contribution in [0, 0.1) is 25.2 Å². The van der Waals surface area contributed by atoms with Gasteiger partial charge in [0, 0.05) is 31.2 Å². The van der Waals surface area contributed by atoms with Crippen LogP contribution in [0.2, 0.25) is 0 Å². The smallest absolute Gasteiger partial charge is 0.218 e. The highest BCUT2D eigenvalue weighted by molar-refractivity contribution is 7.08. The number of nitrogens with zero attached hydrogens (tertiary/aromatic N) is 4. The maximum absolute atomic E-state index is 9.71. The van der Waals surface area contributed by atoms with Crippen LogP contribution in [0.25, 0.3) is 11.3 Å². The van der Waals surface area contributed by atoms with E-state index in [1.807, 2.05) is 69.2 Å². The predicted molar refractivity (Wildman–Crippen MR) is 117 cm³/mol. The van der Waals surface area contributed by atoms with E-state index in [1.165, 1.54) is 11.5 Å². The average molecular weight is 407 g/mol. The van der Waals surface area contributed by atoms with Crippen LogP contribution in [0.4, 0.5) is 5.69 Å². The lowest BCUT2D eigenvalue weighted by Crippen LogP contribution is -2.07. The van der Waals surface area contributed by atoms with E-state index >= 15 is 0 Å². The Morgan fingerprint density at radius 2 is 1.86 bits per heavy atom. The van der Waals surface area contributed by atoms with Gasteiger partial charge in [-0.1, -0.05) is 0 Å². The molecule has 0 aliphatic heterocycles. The molecule has 3 aromatic rings. The van der Waals surface area contributed by atoms with Crippen molar-refractivity contribution in [3.63, 3.8) is 0 Å². The van der Waals surface area contributed by atoms with E-state index in [9.17, 15) is 5.26 Å². The molecule has 0 saturated carbocycles. The summed E-state index contributed by atoms with van der Waals surface area (Å²) < 4.78 is 15.7. The van der Waals surface area contributed by atoms with E-state index in [0.29, 0.717) is 22.1 Å². The topological polar surface area (TPSA) is 70.7 Å². The molecular formula is C22H22N4O2S. The monoisotopic (exact) mass is 406 g/mol. The predicted octanol–water partition coefficient (Wildman–Crippen LogP) is 5.32. The number of nitriles is 1. The minimum Gasteiger partial charge on any atom is -0.497 e. The maximum Gasteiger partial charge on any atom is 0.218 e. The van der Waals surface area contributed by atoms with Crippen LogP contribution in [0.3, 0.4) is 0 Å². The third-order valence-electron chi connectivity index (χ3n) is 4.26. The number of methoxy groups -OCH3 is 1. The van der Waals surface area contributed by atoms with E-state index in [-0.39, 0.29) is 0 Å². The van der Waals surface area contributed by atoms with Crippen molar-refractivity contribution in [3.05, 3.63) is 53.1 Å². The molecule has 29 heavy (non-hydrogen) atoms. The number of hydrogen-bond donors (Lipinski definition) is 0. The Kier molecular flexibility index (Phi) is 6.15. The second-order valence-corrected chi connectivity index (χ2v) is 7.48. The molecule has 2 aromatic carbocycles. The first-order valence-corrected chi connectivity index (χ1v) is 9.74. The highest BCUT2D eigenvalue weighted by Crippen LogP contribution is 2.39. The Hall–Kier alpha value is -3.37. The van der Waals surface area contributed by atoms with Gasteiger partial charge in [-0.05, 0) is 61.4 Å². The minimum atomic E-state index is 0.423. The summed E-state index contributed by atoms with van der Waals surface area (Å²) in [5.41, 5.74) is 4.68. The Balaban J connectivity index is 1.92. The Morgan fingerprint density at radius 1 is 1.14 bits per heavy atom. The third-order valence-corrected chi connectivity index (χ3v) is 4.99. The second-order valence-electron chi connectivity index (χ2n) is 6.75. The largest absolute Gasteiger partial charge is 0.497 e. The minimum absolute atomic E-state index is 0.423. The van der Waals surface area contributed by atoms with E-state index in [0.717, 1.165) is 28.1 Å². The fourth-order valence-electron chi connectivity index (χ4n) is 2.69. The molecule has 6 nitrogen and oxygen atoms in total. The highest BCUT2D eigenvalue weighted by atomic mass is 32.1. The molecule has 0 atom stereocenters. The molecule has 148 valence electrons. The van der Waals surface area contributed by atoms with E-state index in [2.05, 4.69) is 15.4 Å². The van der Waals surface area contributed by atoms with E-state index in [1.54, 1.807) is 13.4 Å². The SMILES string of the molecule is COc1ccc(-c2nsc(Oc3cc(C)c(/N=C\N(C)C)cc3C)c2C#N)cc1. The molecule has 1 heterocycles. The van der Waals surface area contributed by atoms with Gasteiger partial charge in [0.05, 0.1) is 19.1 Å². The fraction of sp³-hybridized carbons (Fsp3) is 0.227. The Bertz CT molecular complexity index is 1080. The zero-order valence-corrected chi connectivity index (χ0v) is 17.9. The number of benzene rings is 2. The van der Waals surface area contributed by atoms with Gasteiger partial charge in [0.1, 0.15) is 28.8 Å². The van der Waals surface area contributed by atoms with Crippen LogP contribution in [-0.4, -0.2) is 36.8 Å². The molecule has 3 rings (SSSR count). The van der Waals surface area contributed by atoms with Crippen molar-refractivity contribution in [2.75, 3.05) is 21.2 Å². The quantitative estimate of drug-likeness (QED) is 0.409. The Labute approximate surface area is 174 Å². The molecule has 1 aromatic heterocycles. The molecule has 0 N–H and O–H groups in total. The lowest BCUT2D eigenvalue weighted by atomic mass is 10.1. The van der Waals surface area contributed by atoms with Crippen molar-refractivity contribution < 1.29 is 9.47 Å². The molecule has 0 bridgehead atoms. The van der Waals surface area contributed by atoms with Crippen LogP contribution < -0.4 is 9.47 Å². The number of rotatable bonds is 6. The normalized spacial score (nSPS) is 10.8. The van der Waals surface area contributed by atoms with Crippen molar-refractivity contribution in [1.29, 1.82) is 5.26 Å². The first-order valence-electron chi connectivity index (χ1n) is 8.97. The van der Waals surface area contributed by atoms with Crippen molar-refractivity contribution in [1.82, 2.24) is 9.27 Å². The van der Waals surface area contributed by atoms with Gasteiger partial charge in [-0.3, -0.25) is 0 Å². The summed E-state index contributed by atoms with van der Waals surface area (Å²) in [7, 11) is 5.47. The second kappa shape index (κ2) is 8.76. The van der Waals surface area contributed by atoms with Crippen molar-refractivity contribution >= 4 is 23.6 Å². The van der Waals surface area contributed by atoms with Crippen LogP contribution in [0.1, 0.15) is 16.7 Å². The molecule has 0 amide bonds. The lowest BCUT2D eigenvalue weighted by molar-refractivity contribution is 0.415. The van der Waals surface area contributed by atoms with Crippen molar-refractivity contribution in [2.45, 2.75) is 13.8 Å². The van der Waals surface area contributed by atoms with Crippen LogP contribution in [-0.2, 0) is 0 Å². The molecule has 0 unspecified atom stereocenters. The summed E-state index contributed by atoms with van der Waals surface area (Å²) >= 11 is 1.17. The molecule has 0 fully saturated rings. The standard InChI is InChI=1S/C22H22N4O2S/c1-14-11-20(15(2)10-19(14)24-13-26(3)4)28-22-18(12-23)21(25-29-22)16-6-8-17(27-5)9-7-16/h6-11,13H,1-5H3/b24-13-. The number of aryl methyl sites for hydroxylation is 2. The first kappa shape index (κ1) is 20.4. The lowest BCUT2D eigenvalue weighted by Gasteiger charge is -2.11. The molecule has 0 saturated heterocycles.